The van der Waals surface area contributed by atoms with E-state index in [0.29, 0.717) is 10.6 Å². The van der Waals surface area contributed by atoms with Gasteiger partial charge in [0.2, 0.25) is 10.0 Å². The summed E-state index contributed by atoms with van der Waals surface area (Å²) in [5.74, 6) is -0.775. The number of methoxy groups -OCH3 is 1. The van der Waals surface area contributed by atoms with Gasteiger partial charge in [0.1, 0.15) is 6.04 Å². The first kappa shape index (κ1) is 16.2. The van der Waals surface area contributed by atoms with Gasteiger partial charge in [0, 0.05) is 11.6 Å². The number of hydrogen-bond donors (Lipinski definition) is 1. The summed E-state index contributed by atoms with van der Waals surface area (Å²) in [5.41, 5.74) is 0.407. The van der Waals surface area contributed by atoms with Crippen molar-refractivity contribution in [3.05, 3.63) is 28.8 Å². The molecule has 8 heteroatoms. The maximum atomic E-state index is 12.7. The van der Waals surface area contributed by atoms with Crippen LogP contribution in [0.5, 0.6) is 0 Å². The number of nitrogens with zero attached hydrogens (tertiary/aromatic N) is 1. The van der Waals surface area contributed by atoms with E-state index in [1.165, 1.54) is 12.1 Å². The fourth-order valence-corrected chi connectivity index (χ4v) is 4.51. The Morgan fingerprint density at radius 3 is 2.76 bits per heavy atom. The third-order valence-electron chi connectivity index (χ3n) is 3.57. The molecule has 1 aromatic carbocycles. The number of aliphatic hydroxyl groups excluding tert-OH is 1. The van der Waals surface area contributed by atoms with Crippen LogP contribution in [0, 0.1) is 6.92 Å². The van der Waals surface area contributed by atoms with Crippen molar-refractivity contribution in [2.24, 2.45) is 0 Å². The number of carbonyl (C=O) groups excluding carboxylic acids is 1. The van der Waals surface area contributed by atoms with E-state index in [1.54, 1.807) is 13.0 Å². The minimum absolute atomic E-state index is 0.0259. The molecule has 2 atom stereocenters. The molecule has 21 heavy (non-hydrogen) atoms. The zero-order valence-electron chi connectivity index (χ0n) is 11.6. The molecule has 116 valence electrons. The Hall–Kier alpha value is -1.15. The highest BCUT2D eigenvalue weighted by Crippen LogP contribution is 2.31. The SMILES string of the molecule is COC(=O)C1C(O)CCN1S(=O)(=O)c1cccc(Cl)c1C. The van der Waals surface area contributed by atoms with Crippen molar-refractivity contribution in [3.8, 4) is 0 Å². The number of hydrogen-bond acceptors (Lipinski definition) is 5. The molecule has 1 saturated heterocycles. The molecule has 2 rings (SSSR count). The zero-order valence-corrected chi connectivity index (χ0v) is 13.2. The summed E-state index contributed by atoms with van der Waals surface area (Å²) in [6.45, 7) is 1.64. The van der Waals surface area contributed by atoms with Gasteiger partial charge < -0.3 is 9.84 Å². The van der Waals surface area contributed by atoms with Crippen LogP contribution >= 0.6 is 11.6 Å². The molecule has 1 fully saturated rings. The molecular weight excluding hydrogens is 318 g/mol. The number of ether oxygens (including phenoxy) is 1. The number of esters is 1. The van der Waals surface area contributed by atoms with Gasteiger partial charge in [-0.05, 0) is 31.0 Å². The van der Waals surface area contributed by atoms with Crippen molar-refractivity contribution in [1.82, 2.24) is 4.31 Å². The Kier molecular flexibility index (Phi) is 4.57. The maximum Gasteiger partial charge on any atom is 0.326 e. The topological polar surface area (TPSA) is 83.9 Å². The zero-order chi connectivity index (χ0) is 15.8. The van der Waals surface area contributed by atoms with Gasteiger partial charge in [-0.3, -0.25) is 4.79 Å². The Balaban J connectivity index is 2.48. The third kappa shape index (κ3) is 2.78. The van der Waals surface area contributed by atoms with Gasteiger partial charge in [0.15, 0.2) is 0 Å². The molecule has 0 saturated carbocycles. The van der Waals surface area contributed by atoms with E-state index in [-0.39, 0.29) is 17.9 Å². The second kappa shape index (κ2) is 5.92. The number of benzene rings is 1. The van der Waals surface area contributed by atoms with Crippen LogP contribution < -0.4 is 0 Å². The molecule has 2 unspecified atom stereocenters. The van der Waals surface area contributed by atoms with Gasteiger partial charge in [0.25, 0.3) is 0 Å². The van der Waals surface area contributed by atoms with E-state index in [0.717, 1.165) is 11.4 Å². The van der Waals surface area contributed by atoms with Crippen LogP contribution in [0.4, 0.5) is 0 Å². The average Bonchev–Trinajstić information content (AvgIpc) is 2.83. The van der Waals surface area contributed by atoms with Gasteiger partial charge in [-0.25, -0.2) is 8.42 Å². The number of sulfonamides is 1. The lowest BCUT2D eigenvalue weighted by molar-refractivity contribution is -0.146. The van der Waals surface area contributed by atoms with Crippen molar-refractivity contribution >= 4 is 27.6 Å². The van der Waals surface area contributed by atoms with E-state index < -0.39 is 28.1 Å². The molecule has 0 amide bonds. The predicted molar refractivity (Wildman–Crippen MR) is 76.5 cm³/mol. The lowest BCUT2D eigenvalue weighted by Crippen LogP contribution is -2.45. The smallest absolute Gasteiger partial charge is 0.326 e. The van der Waals surface area contributed by atoms with Gasteiger partial charge in [-0.15, -0.1) is 0 Å². The Bertz CT molecular complexity index is 661. The largest absolute Gasteiger partial charge is 0.468 e. The Labute approximate surface area is 128 Å². The molecule has 0 bridgehead atoms. The van der Waals surface area contributed by atoms with E-state index in [2.05, 4.69) is 4.74 Å². The molecule has 0 aliphatic carbocycles. The maximum absolute atomic E-state index is 12.7. The molecule has 0 radical (unpaired) electrons. The lowest BCUT2D eigenvalue weighted by atomic mass is 10.2. The molecule has 0 spiro atoms. The van der Waals surface area contributed by atoms with Gasteiger partial charge >= 0.3 is 5.97 Å². The van der Waals surface area contributed by atoms with Crippen LogP contribution in [0.15, 0.2) is 23.1 Å². The molecule has 1 aromatic rings. The third-order valence-corrected chi connectivity index (χ3v) is 6.00. The Morgan fingerprint density at radius 2 is 2.14 bits per heavy atom. The second-order valence-corrected chi connectivity index (χ2v) is 7.07. The van der Waals surface area contributed by atoms with Crippen LogP contribution in [0.25, 0.3) is 0 Å². The first-order valence-corrected chi connectivity index (χ1v) is 8.15. The average molecular weight is 334 g/mol. The molecular formula is C13H16ClNO5S. The van der Waals surface area contributed by atoms with Gasteiger partial charge in [-0.1, -0.05) is 17.7 Å². The first-order chi connectivity index (χ1) is 9.80. The minimum Gasteiger partial charge on any atom is -0.468 e. The summed E-state index contributed by atoms with van der Waals surface area (Å²) < 4.78 is 31.0. The fourth-order valence-electron chi connectivity index (χ4n) is 2.41. The molecule has 0 aromatic heterocycles. The molecule has 1 aliphatic rings. The quantitative estimate of drug-likeness (QED) is 0.832. The van der Waals surface area contributed by atoms with Crippen LogP contribution in [0.2, 0.25) is 5.02 Å². The lowest BCUT2D eigenvalue weighted by Gasteiger charge is -2.24. The Morgan fingerprint density at radius 1 is 1.48 bits per heavy atom. The van der Waals surface area contributed by atoms with Crippen molar-refractivity contribution in [2.45, 2.75) is 30.4 Å². The standard InChI is InChI=1S/C13H16ClNO5S/c1-8-9(14)4-3-5-11(8)21(18,19)15-7-6-10(16)12(15)13(17)20-2/h3-5,10,12,16H,6-7H2,1-2H3. The highest BCUT2D eigenvalue weighted by molar-refractivity contribution is 7.89. The number of aliphatic hydroxyl groups is 1. The summed E-state index contributed by atoms with van der Waals surface area (Å²) in [4.78, 5) is 11.8. The number of carbonyl (C=O) groups is 1. The van der Waals surface area contributed by atoms with E-state index in [4.69, 9.17) is 11.6 Å². The van der Waals surface area contributed by atoms with Gasteiger partial charge in [-0.2, -0.15) is 4.31 Å². The van der Waals surface area contributed by atoms with Gasteiger partial charge in [0.05, 0.1) is 18.1 Å². The predicted octanol–water partition coefficient (Wildman–Crippen LogP) is 0.945. The van der Waals surface area contributed by atoms with E-state index >= 15 is 0 Å². The normalized spacial score (nSPS) is 23.2. The molecule has 6 nitrogen and oxygen atoms in total. The molecule has 1 N–H and O–H groups in total. The van der Waals surface area contributed by atoms with Crippen molar-refractivity contribution < 1.29 is 23.1 Å². The summed E-state index contributed by atoms with van der Waals surface area (Å²) in [5, 5.41) is 10.2. The summed E-state index contributed by atoms with van der Waals surface area (Å²) in [6, 6.07) is 3.32. The number of halogens is 1. The molecule has 1 heterocycles. The van der Waals surface area contributed by atoms with Crippen LogP contribution in [0.1, 0.15) is 12.0 Å². The monoisotopic (exact) mass is 333 g/mol. The van der Waals surface area contributed by atoms with Crippen molar-refractivity contribution in [2.75, 3.05) is 13.7 Å². The summed E-state index contributed by atoms with van der Waals surface area (Å²) in [6.07, 6.45) is -0.898. The minimum atomic E-state index is -3.94. The fraction of sp³-hybridized carbons (Fsp3) is 0.462. The second-order valence-electron chi connectivity index (χ2n) is 4.80. The summed E-state index contributed by atoms with van der Waals surface area (Å²) in [7, 11) is -2.79. The summed E-state index contributed by atoms with van der Waals surface area (Å²) >= 11 is 5.96. The highest BCUT2D eigenvalue weighted by atomic mass is 35.5. The first-order valence-electron chi connectivity index (χ1n) is 6.33. The van der Waals surface area contributed by atoms with E-state index in [9.17, 15) is 18.3 Å². The number of rotatable bonds is 3. The van der Waals surface area contributed by atoms with Crippen molar-refractivity contribution in [3.63, 3.8) is 0 Å². The van der Waals surface area contributed by atoms with Crippen LogP contribution in [-0.2, 0) is 19.6 Å². The molecule has 1 aliphatic heterocycles. The van der Waals surface area contributed by atoms with Crippen LogP contribution in [0.3, 0.4) is 0 Å². The van der Waals surface area contributed by atoms with Crippen LogP contribution in [-0.4, -0.2) is 49.6 Å². The highest BCUT2D eigenvalue weighted by Gasteiger charge is 2.46. The van der Waals surface area contributed by atoms with E-state index in [1.807, 2.05) is 0 Å². The van der Waals surface area contributed by atoms with Crippen molar-refractivity contribution in [1.29, 1.82) is 0 Å².